The monoisotopic (exact) mass is 430 g/mol. The molecule has 5 heteroatoms. The summed E-state index contributed by atoms with van der Waals surface area (Å²) in [5.41, 5.74) is 2.45. The van der Waals surface area contributed by atoms with Crippen molar-refractivity contribution in [1.29, 1.82) is 0 Å². The maximum absolute atomic E-state index is 12.3. The molecule has 0 bridgehead atoms. The Balaban J connectivity index is 1.89. The predicted molar refractivity (Wildman–Crippen MR) is 123 cm³/mol. The molecule has 0 radical (unpaired) electrons. The molecule has 2 N–H and O–H groups in total. The van der Waals surface area contributed by atoms with Crippen molar-refractivity contribution in [1.82, 2.24) is 0 Å². The second-order valence-electron chi connectivity index (χ2n) is 9.49. The maximum Gasteiger partial charge on any atom is 0.166 e. The van der Waals surface area contributed by atoms with E-state index < -0.39 is 5.79 Å². The average Bonchev–Trinajstić information content (AvgIpc) is 2.87. The summed E-state index contributed by atoms with van der Waals surface area (Å²) in [7, 11) is 0. The van der Waals surface area contributed by atoms with Crippen LogP contribution in [0.1, 0.15) is 90.4 Å². The number of carbonyl (C=O) groups excluding carboxylic acids is 1. The Kier molecular flexibility index (Phi) is 8.49. The van der Waals surface area contributed by atoms with E-state index >= 15 is 0 Å². The summed E-state index contributed by atoms with van der Waals surface area (Å²) in [6.45, 7) is 12.4. The van der Waals surface area contributed by atoms with Crippen molar-refractivity contribution in [3.05, 3.63) is 47.1 Å². The first-order valence-electron chi connectivity index (χ1n) is 11.1. The Morgan fingerprint density at radius 2 is 1.77 bits per heavy atom. The molecule has 31 heavy (non-hydrogen) atoms. The van der Waals surface area contributed by atoms with Gasteiger partial charge in [0.15, 0.2) is 11.6 Å². The van der Waals surface area contributed by atoms with Gasteiger partial charge in [-0.15, -0.1) is 0 Å². The summed E-state index contributed by atoms with van der Waals surface area (Å²) < 4.78 is 12.5. The normalized spacial score (nSPS) is 23.0. The van der Waals surface area contributed by atoms with Gasteiger partial charge in [0.2, 0.25) is 0 Å². The quantitative estimate of drug-likeness (QED) is 0.330. The molecular formula is C26H38O5. The van der Waals surface area contributed by atoms with Crippen LogP contribution in [-0.2, 0) is 9.47 Å². The van der Waals surface area contributed by atoms with Crippen LogP contribution in [0.25, 0.3) is 0 Å². The molecule has 0 spiro atoms. The molecule has 1 saturated heterocycles. The molecule has 1 aromatic rings. The summed E-state index contributed by atoms with van der Waals surface area (Å²) in [6, 6.07) is 4.06. The fourth-order valence-electron chi connectivity index (χ4n) is 4.14. The third-order valence-electron chi connectivity index (χ3n) is 5.73. The van der Waals surface area contributed by atoms with Crippen molar-refractivity contribution >= 4 is 5.78 Å². The number of allylic oxidation sites excluding steroid dienone is 4. The highest BCUT2D eigenvalue weighted by molar-refractivity contribution is 5.98. The summed E-state index contributed by atoms with van der Waals surface area (Å²) in [6.07, 6.45) is 8.89. The molecule has 2 atom stereocenters. The number of ketones is 1. The van der Waals surface area contributed by atoms with E-state index in [0.717, 1.165) is 25.7 Å². The SMILES string of the molecule is CC(C)=CCC[C@]1(C)OC(C)(C)O[C@@H]1CC/C(C)=C/CCC(=O)c1ccc(O)cc1O. The fourth-order valence-corrected chi connectivity index (χ4v) is 4.14. The van der Waals surface area contributed by atoms with Crippen molar-refractivity contribution in [3.63, 3.8) is 0 Å². The Morgan fingerprint density at radius 3 is 2.42 bits per heavy atom. The minimum absolute atomic E-state index is 0.0204. The third-order valence-corrected chi connectivity index (χ3v) is 5.73. The number of hydrogen-bond acceptors (Lipinski definition) is 5. The highest BCUT2D eigenvalue weighted by Gasteiger charge is 2.49. The molecule has 0 amide bonds. The van der Waals surface area contributed by atoms with Crippen LogP contribution < -0.4 is 0 Å². The van der Waals surface area contributed by atoms with E-state index in [1.807, 2.05) is 13.8 Å². The zero-order valence-corrected chi connectivity index (χ0v) is 19.8. The van der Waals surface area contributed by atoms with Crippen LogP contribution in [0.4, 0.5) is 0 Å². The first-order chi connectivity index (χ1) is 14.4. The topological polar surface area (TPSA) is 76.0 Å². The van der Waals surface area contributed by atoms with Gasteiger partial charge in [0.25, 0.3) is 0 Å². The number of benzene rings is 1. The number of phenols is 2. The van der Waals surface area contributed by atoms with E-state index in [1.165, 1.54) is 29.3 Å². The summed E-state index contributed by atoms with van der Waals surface area (Å²) in [5.74, 6) is -0.957. The lowest BCUT2D eigenvalue weighted by Gasteiger charge is -2.29. The number of ether oxygens (including phenoxy) is 2. The molecule has 0 aromatic heterocycles. The first-order valence-corrected chi connectivity index (χ1v) is 11.1. The van der Waals surface area contributed by atoms with E-state index in [-0.39, 0.29) is 34.6 Å². The first kappa shape index (κ1) is 25.2. The maximum atomic E-state index is 12.3. The van der Waals surface area contributed by atoms with E-state index in [2.05, 4.69) is 39.8 Å². The highest BCUT2D eigenvalue weighted by Crippen LogP contribution is 2.41. The van der Waals surface area contributed by atoms with Gasteiger partial charge in [-0.3, -0.25) is 4.79 Å². The highest BCUT2D eigenvalue weighted by atomic mass is 16.8. The van der Waals surface area contributed by atoms with E-state index in [9.17, 15) is 15.0 Å². The van der Waals surface area contributed by atoms with Crippen molar-refractivity contribution in [2.75, 3.05) is 0 Å². The molecule has 0 aliphatic carbocycles. The van der Waals surface area contributed by atoms with E-state index in [1.54, 1.807) is 0 Å². The average molecular weight is 431 g/mol. The summed E-state index contributed by atoms with van der Waals surface area (Å²) in [4.78, 5) is 12.3. The van der Waals surface area contributed by atoms with Gasteiger partial charge in [0.1, 0.15) is 11.5 Å². The van der Waals surface area contributed by atoms with E-state index in [4.69, 9.17) is 9.47 Å². The number of phenolic OH excluding ortho intramolecular Hbond substituents is 2. The van der Waals surface area contributed by atoms with Gasteiger partial charge in [-0.2, -0.15) is 0 Å². The zero-order chi connectivity index (χ0) is 23.2. The van der Waals surface area contributed by atoms with Gasteiger partial charge in [-0.1, -0.05) is 23.3 Å². The Bertz CT molecular complexity index is 832. The second kappa shape index (κ2) is 10.5. The Hall–Kier alpha value is -2.11. The van der Waals surface area contributed by atoms with Crippen molar-refractivity contribution in [2.45, 2.75) is 97.6 Å². The lowest BCUT2D eigenvalue weighted by Crippen LogP contribution is -2.36. The number of carbonyl (C=O) groups is 1. The van der Waals surface area contributed by atoms with Gasteiger partial charge < -0.3 is 19.7 Å². The minimum Gasteiger partial charge on any atom is -0.508 e. The van der Waals surface area contributed by atoms with Crippen LogP contribution in [0, 0.1) is 0 Å². The lowest BCUT2D eigenvalue weighted by atomic mass is 9.89. The standard InChI is InChI=1S/C26H38O5/c1-18(2)9-8-16-26(6)24(30-25(4,5)31-26)15-12-19(3)10-7-11-22(28)21-14-13-20(27)17-23(21)29/h9-10,13-14,17,24,27,29H,7-8,11-12,15-16H2,1-6H3/b19-10+/t24-,26+/m1/s1. The Morgan fingerprint density at radius 1 is 1.06 bits per heavy atom. The Labute approximate surface area is 186 Å². The third kappa shape index (κ3) is 7.51. The van der Waals surface area contributed by atoms with Crippen molar-refractivity contribution in [2.24, 2.45) is 0 Å². The second-order valence-corrected chi connectivity index (χ2v) is 9.49. The number of rotatable bonds is 10. The lowest BCUT2D eigenvalue weighted by molar-refractivity contribution is -0.161. The van der Waals surface area contributed by atoms with Gasteiger partial charge in [0, 0.05) is 12.5 Å². The van der Waals surface area contributed by atoms with Crippen LogP contribution in [-0.4, -0.2) is 33.5 Å². The van der Waals surface area contributed by atoms with Gasteiger partial charge in [0.05, 0.1) is 17.3 Å². The molecule has 172 valence electrons. The molecule has 1 aliphatic rings. The van der Waals surface area contributed by atoms with Crippen LogP contribution >= 0.6 is 0 Å². The molecule has 0 saturated carbocycles. The molecule has 1 heterocycles. The summed E-state index contributed by atoms with van der Waals surface area (Å²) >= 11 is 0. The summed E-state index contributed by atoms with van der Waals surface area (Å²) in [5, 5.41) is 19.2. The van der Waals surface area contributed by atoms with Gasteiger partial charge in [-0.05, 0) is 85.8 Å². The largest absolute Gasteiger partial charge is 0.508 e. The van der Waals surface area contributed by atoms with Crippen LogP contribution in [0.3, 0.4) is 0 Å². The van der Waals surface area contributed by atoms with Gasteiger partial charge >= 0.3 is 0 Å². The molecule has 2 rings (SSSR count). The number of Topliss-reactive ketones (excluding diaryl/α,β-unsaturated/α-hetero) is 1. The molecule has 1 aromatic carbocycles. The van der Waals surface area contributed by atoms with Crippen molar-refractivity contribution in [3.8, 4) is 11.5 Å². The van der Waals surface area contributed by atoms with Crippen LogP contribution in [0.15, 0.2) is 41.5 Å². The molecular weight excluding hydrogens is 392 g/mol. The molecule has 5 nitrogen and oxygen atoms in total. The molecule has 1 fully saturated rings. The molecule has 0 unspecified atom stereocenters. The molecule has 1 aliphatic heterocycles. The number of aromatic hydroxyl groups is 2. The predicted octanol–water partition coefficient (Wildman–Crippen LogP) is 6.44. The zero-order valence-electron chi connectivity index (χ0n) is 19.8. The fraction of sp³-hybridized carbons (Fsp3) is 0.577. The smallest absolute Gasteiger partial charge is 0.166 e. The van der Waals surface area contributed by atoms with Gasteiger partial charge in [-0.25, -0.2) is 0 Å². The van der Waals surface area contributed by atoms with Crippen LogP contribution in [0.2, 0.25) is 0 Å². The van der Waals surface area contributed by atoms with E-state index in [0.29, 0.717) is 12.8 Å². The van der Waals surface area contributed by atoms with Crippen molar-refractivity contribution < 1.29 is 24.5 Å². The minimum atomic E-state index is -0.583. The number of hydrogen-bond donors (Lipinski definition) is 2. The van der Waals surface area contributed by atoms with Crippen LogP contribution in [0.5, 0.6) is 11.5 Å².